The van der Waals surface area contributed by atoms with Crippen LogP contribution in [-0.4, -0.2) is 41.6 Å². The first-order valence-electron chi connectivity index (χ1n) is 7.51. The van der Waals surface area contributed by atoms with Crippen LogP contribution < -0.4 is 0 Å². The summed E-state index contributed by atoms with van der Waals surface area (Å²) in [6.45, 7) is 10.5. The standard InChI is InChI=1S/C17H24N2/c1-14(16-8-4-3-5-9-16)15(2)19-13-7-12-18-11-6-10-17(18)19/h3-5,8-9,15,17H,1,6-7,10-13H2,2H3. The summed E-state index contributed by atoms with van der Waals surface area (Å²) < 4.78 is 0. The lowest BCUT2D eigenvalue weighted by Gasteiger charge is -2.44. The van der Waals surface area contributed by atoms with Gasteiger partial charge in [0.25, 0.3) is 0 Å². The second-order valence-corrected chi connectivity index (χ2v) is 5.82. The van der Waals surface area contributed by atoms with E-state index < -0.39 is 0 Å². The Morgan fingerprint density at radius 2 is 1.89 bits per heavy atom. The van der Waals surface area contributed by atoms with Crippen LogP contribution in [0, 0.1) is 0 Å². The predicted molar refractivity (Wildman–Crippen MR) is 80.9 cm³/mol. The van der Waals surface area contributed by atoms with Crippen molar-refractivity contribution in [2.24, 2.45) is 0 Å². The maximum atomic E-state index is 4.35. The molecule has 2 fully saturated rings. The van der Waals surface area contributed by atoms with Gasteiger partial charge in [0.2, 0.25) is 0 Å². The Kier molecular flexibility index (Phi) is 3.72. The Morgan fingerprint density at radius 1 is 1.16 bits per heavy atom. The van der Waals surface area contributed by atoms with E-state index in [0.717, 1.165) is 0 Å². The number of hydrogen-bond acceptors (Lipinski definition) is 2. The molecular weight excluding hydrogens is 232 g/mol. The summed E-state index contributed by atoms with van der Waals surface area (Å²) in [6, 6.07) is 11.1. The molecule has 0 saturated carbocycles. The van der Waals surface area contributed by atoms with Gasteiger partial charge in [-0.05, 0) is 43.9 Å². The number of nitrogens with zero attached hydrogens (tertiary/aromatic N) is 2. The zero-order chi connectivity index (χ0) is 13.2. The van der Waals surface area contributed by atoms with Crippen molar-refractivity contribution < 1.29 is 0 Å². The lowest BCUT2D eigenvalue weighted by molar-refractivity contribution is 0.0226. The van der Waals surface area contributed by atoms with E-state index in [9.17, 15) is 0 Å². The molecule has 2 atom stereocenters. The van der Waals surface area contributed by atoms with Crippen molar-refractivity contribution in [1.29, 1.82) is 0 Å². The van der Waals surface area contributed by atoms with Crippen molar-refractivity contribution in [1.82, 2.24) is 9.80 Å². The van der Waals surface area contributed by atoms with Gasteiger partial charge in [-0.1, -0.05) is 36.9 Å². The molecular formula is C17H24N2. The van der Waals surface area contributed by atoms with Crippen LogP contribution in [0.15, 0.2) is 36.9 Å². The molecule has 1 aromatic carbocycles. The molecule has 0 N–H and O–H groups in total. The minimum Gasteiger partial charge on any atom is -0.288 e. The van der Waals surface area contributed by atoms with Crippen molar-refractivity contribution in [2.45, 2.75) is 38.4 Å². The van der Waals surface area contributed by atoms with E-state index in [0.29, 0.717) is 12.2 Å². The molecule has 2 saturated heterocycles. The Hall–Kier alpha value is -1.12. The Bertz CT molecular complexity index is 440. The SMILES string of the molecule is C=C(c1ccccc1)C(C)N1CCCN2CCCC21. The Morgan fingerprint density at radius 3 is 2.68 bits per heavy atom. The zero-order valence-electron chi connectivity index (χ0n) is 11.9. The summed E-state index contributed by atoms with van der Waals surface area (Å²) in [6.07, 6.45) is 4.63. The van der Waals surface area contributed by atoms with Crippen molar-refractivity contribution in [3.05, 3.63) is 42.5 Å². The second kappa shape index (κ2) is 5.48. The maximum Gasteiger partial charge on any atom is 0.0628 e. The monoisotopic (exact) mass is 256 g/mol. The van der Waals surface area contributed by atoms with E-state index in [1.165, 1.54) is 50.0 Å². The van der Waals surface area contributed by atoms with Crippen LogP contribution in [0.1, 0.15) is 31.7 Å². The van der Waals surface area contributed by atoms with Crippen LogP contribution in [0.25, 0.3) is 5.57 Å². The number of fused-ring (bicyclic) bond motifs is 1. The third-order valence-corrected chi connectivity index (χ3v) is 4.72. The topological polar surface area (TPSA) is 6.48 Å². The molecule has 102 valence electrons. The molecule has 2 unspecified atom stereocenters. The van der Waals surface area contributed by atoms with Gasteiger partial charge >= 0.3 is 0 Å². The fourth-order valence-corrected chi connectivity index (χ4v) is 3.60. The normalized spacial score (nSPS) is 26.1. The average Bonchev–Trinajstić information content (AvgIpc) is 2.95. The van der Waals surface area contributed by atoms with Gasteiger partial charge in [0.15, 0.2) is 0 Å². The van der Waals surface area contributed by atoms with Crippen molar-refractivity contribution in [3.8, 4) is 0 Å². The molecule has 2 aliphatic heterocycles. The highest BCUT2D eigenvalue weighted by molar-refractivity contribution is 5.67. The minimum atomic E-state index is 0.438. The van der Waals surface area contributed by atoms with Crippen molar-refractivity contribution in [3.63, 3.8) is 0 Å². The van der Waals surface area contributed by atoms with Crippen molar-refractivity contribution in [2.75, 3.05) is 19.6 Å². The van der Waals surface area contributed by atoms with Gasteiger partial charge in [-0.15, -0.1) is 0 Å². The van der Waals surface area contributed by atoms with Crippen LogP contribution in [0.4, 0.5) is 0 Å². The number of rotatable bonds is 3. The second-order valence-electron chi connectivity index (χ2n) is 5.82. The van der Waals surface area contributed by atoms with Crippen LogP contribution in [0.2, 0.25) is 0 Å². The molecule has 0 spiro atoms. The zero-order valence-corrected chi connectivity index (χ0v) is 11.9. The van der Waals surface area contributed by atoms with E-state index in [4.69, 9.17) is 0 Å². The van der Waals surface area contributed by atoms with Gasteiger partial charge < -0.3 is 0 Å². The van der Waals surface area contributed by atoms with Gasteiger partial charge in [-0.3, -0.25) is 9.80 Å². The fourth-order valence-electron chi connectivity index (χ4n) is 3.60. The first-order valence-corrected chi connectivity index (χ1v) is 7.51. The van der Waals surface area contributed by atoms with Crippen LogP contribution in [-0.2, 0) is 0 Å². The molecule has 2 nitrogen and oxygen atoms in total. The molecule has 0 bridgehead atoms. The molecule has 1 aromatic rings. The van der Waals surface area contributed by atoms with E-state index >= 15 is 0 Å². The molecule has 2 heteroatoms. The van der Waals surface area contributed by atoms with Crippen LogP contribution in [0.3, 0.4) is 0 Å². The summed E-state index contributed by atoms with van der Waals surface area (Å²) in [5, 5.41) is 0. The summed E-state index contributed by atoms with van der Waals surface area (Å²) in [5.41, 5.74) is 2.54. The lowest BCUT2D eigenvalue weighted by Crippen LogP contribution is -2.53. The molecule has 0 radical (unpaired) electrons. The quantitative estimate of drug-likeness (QED) is 0.819. The molecule has 3 rings (SSSR count). The van der Waals surface area contributed by atoms with Gasteiger partial charge in [0, 0.05) is 19.1 Å². The van der Waals surface area contributed by atoms with E-state index in [-0.39, 0.29) is 0 Å². The summed E-state index contributed by atoms with van der Waals surface area (Å²) in [5.74, 6) is 0. The predicted octanol–water partition coefficient (Wildman–Crippen LogP) is 3.22. The summed E-state index contributed by atoms with van der Waals surface area (Å²) in [7, 11) is 0. The fraction of sp³-hybridized carbons (Fsp3) is 0.529. The Balaban J connectivity index is 1.76. The smallest absolute Gasteiger partial charge is 0.0628 e. The van der Waals surface area contributed by atoms with Crippen LogP contribution >= 0.6 is 0 Å². The number of benzene rings is 1. The van der Waals surface area contributed by atoms with Gasteiger partial charge in [0.05, 0.1) is 6.17 Å². The third-order valence-electron chi connectivity index (χ3n) is 4.72. The summed E-state index contributed by atoms with van der Waals surface area (Å²) in [4.78, 5) is 5.31. The minimum absolute atomic E-state index is 0.438. The molecule has 0 aromatic heterocycles. The number of hydrogen-bond donors (Lipinski definition) is 0. The first kappa shape index (κ1) is 12.9. The third kappa shape index (κ3) is 2.47. The van der Waals surface area contributed by atoms with E-state index in [1.54, 1.807) is 0 Å². The van der Waals surface area contributed by atoms with Gasteiger partial charge in [-0.25, -0.2) is 0 Å². The molecule has 2 aliphatic rings. The maximum absolute atomic E-state index is 4.35. The molecule has 2 heterocycles. The lowest BCUT2D eigenvalue weighted by atomic mass is 9.98. The van der Waals surface area contributed by atoms with E-state index in [2.05, 4.69) is 53.6 Å². The average molecular weight is 256 g/mol. The molecule has 0 amide bonds. The summed E-state index contributed by atoms with van der Waals surface area (Å²) >= 11 is 0. The Labute approximate surface area is 116 Å². The highest BCUT2D eigenvalue weighted by atomic mass is 15.4. The van der Waals surface area contributed by atoms with Crippen molar-refractivity contribution >= 4 is 5.57 Å². The molecule has 19 heavy (non-hydrogen) atoms. The highest BCUT2D eigenvalue weighted by Gasteiger charge is 2.35. The van der Waals surface area contributed by atoms with Gasteiger partial charge in [-0.2, -0.15) is 0 Å². The first-order chi connectivity index (χ1) is 9.27. The van der Waals surface area contributed by atoms with E-state index in [1.807, 2.05) is 0 Å². The van der Waals surface area contributed by atoms with Crippen LogP contribution in [0.5, 0.6) is 0 Å². The largest absolute Gasteiger partial charge is 0.288 e. The van der Waals surface area contributed by atoms with Gasteiger partial charge in [0.1, 0.15) is 0 Å². The highest BCUT2D eigenvalue weighted by Crippen LogP contribution is 2.30. The molecule has 0 aliphatic carbocycles.